The summed E-state index contributed by atoms with van der Waals surface area (Å²) in [5.74, 6) is 0.0210. The Kier molecular flexibility index (Phi) is 4.53. The number of benzene rings is 1. The van der Waals surface area contributed by atoms with Crippen molar-refractivity contribution in [3.8, 4) is 5.69 Å². The molecule has 0 aliphatic carbocycles. The molecule has 2 saturated heterocycles. The molecule has 132 valence electrons. The van der Waals surface area contributed by atoms with Crippen molar-refractivity contribution in [2.45, 2.75) is 44.7 Å². The molecule has 6 heteroatoms. The monoisotopic (exact) mass is 339 g/mol. The summed E-state index contributed by atoms with van der Waals surface area (Å²) in [6.45, 7) is 5.26. The van der Waals surface area contributed by atoms with Gasteiger partial charge in [0.1, 0.15) is 0 Å². The van der Waals surface area contributed by atoms with E-state index < -0.39 is 0 Å². The fourth-order valence-corrected chi connectivity index (χ4v) is 4.34. The highest BCUT2D eigenvalue weighted by atomic mass is 16.2. The molecule has 1 aromatic heterocycles. The number of likely N-dealkylation sites (tertiary alicyclic amines) is 2. The maximum absolute atomic E-state index is 13.0. The number of hydrogen-bond acceptors (Lipinski definition) is 4. The first kappa shape index (κ1) is 16.3. The van der Waals surface area contributed by atoms with Crippen LogP contribution in [-0.4, -0.2) is 62.4 Å². The zero-order chi connectivity index (χ0) is 17.2. The van der Waals surface area contributed by atoms with Crippen LogP contribution in [-0.2, 0) is 0 Å². The van der Waals surface area contributed by atoms with Crippen molar-refractivity contribution in [3.05, 3.63) is 42.2 Å². The quantitative estimate of drug-likeness (QED) is 0.858. The smallest absolute Gasteiger partial charge is 0.276 e. The molecule has 2 atom stereocenters. The van der Waals surface area contributed by atoms with Gasteiger partial charge >= 0.3 is 0 Å². The van der Waals surface area contributed by atoms with Gasteiger partial charge < -0.3 is 4.90 Å². The Morgan fingerprint density at radius 1 is 1.12 bits per heavy atom. The molecule has 4 rings (SSSR count). The van der Waals surface area contributed by atoms with Crippen molar-refractivity contribution in [1.29, 1.82) is 0 Å². The van der Waals surface area contributed by atoms with E-state index in [2.05, 4.69) is 22.1 Å². The van der Waals surface area contributed by atoms with Crippen LogP contribution in [0.25, 0.3) is 5.69 Å². The fourth-order valence-electron chi connectivity index (χ4n) is 4.34. The molecule has 3 heterocycles. The highest BCUT2D eigenvalue weighted by molar-refractivity contribution is 5.92. The first-order valence-corrected chi connectivity index (χ1v) is 9.30. The molecular formula is C19H25N5O. The first-order valence-electron chi connectivity index (χ1n) is 9.30. The molecule has 0 unspecified atom stereocenters. The van der Waals surface area contributed by atoms with Crippen molar-refractivity contribution in [2.75, 3.05) is 19.6 Å². The Bertz CT molecular complexity index is 728. The molecule has 2 fully saturated rings. The van der Waals surface area contributed by atoms with Gasteiger partial charge in [0.05, 0.1) is 11.9 Å². The Morgan fingerprint density at radius 2 is 1.88 bits per heavy atom. The van der Waals surface area contributed by atoms with Gasteiger partial charge in [-0.15, -0.1) is 5.10 Å². The summed E-state index contributed by atoms with van der Waals surface area (Å²) in [5, 5.41) is 8.29. The van der Waals surface area contributed by atoms with Gasteiger partial charge in [-0.1, -0.05) is 30.3 Å². The van der Waals surface area contributed by atoms with E-state index in [0.717, 1.165) is 38.2 Å². The van der Waals surface area contributed by atoms with E-state index in [1.807, 2.05) is 35.2 Å². The molecule has 1 aromatic carbocycles. The topological polar surface area (TPSA) is 54.3 Å². The molecule has 0 N–H and O–H groups in total. The average molecular weight is 339 g/mol. The number of nitrogens with zero attached hydrogens (tertiary/aromatic N) is 5. The predicted molar refractivity (Wildman–Crippen MR) is 95.7 cm³/mol. The van der Waals surface area contributed by atoms with Gasteiger partial charge in [-0.2, -0.15) is 0 Å². The van der Waals surface area contributed by atoms with Crippen LogP contribution in [0, 0.1) is 0 Å². The van der Waals surface area contributed by atoms with E-state index in [1.54, 1.807) is 10.9 Å². The Balaban J connectivity index is 1.53. The molecule has 0 saturated carbocycles. The molecular weight excluding hydrogens is 314 g/mol. The Morgan fingerprint density at radius 3 is 2.68 bits per heavy atom. The van der Waals surface area contributed by atoms with E-state index in [-0.39, 0.29) is 5.91 Å². The summed E-state index contributed by atoms with van der Waals surface area (Å²) >= 11 is 0. The standard InChI is InChI=1S/C19H25N5O/c1-2-22-12-6-10-17(22)18-11-7-13-23(18)19(25)16-14-24(21-20-16)15-8-4-3-5-9-15/h3-5,8-9,14,17-18H,2,6-7,10-13H2,1H3/t17-,18-/m0/s1. The van der Waals surface area contributed by atoms with Crippen molar-refractivity contribution in [1.82, 2.24) is 24.8 Å². The normalized spacial score (nSPS) is 24.1. The molecule has 0 bridgehead atoms. The fraction of sp³-hybridized carbons (Fsp3) is 0.526. The minimum Gasteiger partial charge on any atom is -0.333 e. The van der Waals surface area contributed by atoms with E-state index in [1.165, 1.54) is 12.8 Å². The minimum atomic E-state index is 0.0210. The molecule has 2 aromatic rings. The molecule has 1 amide bonds. The highest BCUT2D eigenvalue weighted by Gasteiger charge is 2.39. The van der Waals surface area contributed by atoms with Gasteiger partial charge in [-0.05, 0) is 50.9 Å². The lowest BCUT2D eigenvalue weighted by Gasteiger charge is -2.34. The second kappa shape index (κ2) is 6.96. The highest BCUT2D eigenvalue weighted by Crippen LogP contribution is 2.30. The predicted octanol–water partition coefficient (Wildman–Crippen LogP) is 2.36. The van der Waals surface area contributed by atoms with Crippen molar-refractivity contribution in [3.63, 3.8) is 0 Å². The molecule has 2 aliphatic rings. The maximum Gasteiger partial charge on any atom is 0.276 e. The summed E-state index contributed by atoms with van der Waals surface area (Å²) in [6.07, 6.45) is 6.36. The van der Waals surface area contributed by atoms with Crippen molar-refractivity contribution in [2.24, 2.45) is 0 Å². The number of para-hydroxylation sites is 1. The molecule has 0 spiro atoms. The molecule has 25 heavy (non-hydrogen) atoms. The summed E-state index contributed by atoms with van der Waals surface area (Å²) < 4.78 is 1.67. The van der Waals surface area contributed by atoms with Crippen LogP contribution < -0.4 is 0 Å². The number of likely N-dealkylation sites (N-methyl/N-ethyl adjacent to an activating group) is 1. The van der Waals surface area contributed by atoms with Gasteiger partial charge in [-0.3, -0.25) is 9.69 Å². The summed E-state index contributed by atoms with van der Waals surface area (Å²) in [6, 6.07) is 10.6. The Hall–Kier alpha value is -2.21. The van der Waals surface area contributed by atoms with Gasteiger partial charge in [0, 0.05) is 18.6 Å². The van der Waals surface area contributed by atoms with E-state index in [4.69, 9.17) is 0 Å². The third-order valence-corrected chi connectivity index (χ3v) is 5.56. The third kappa shape index (κ3) is 3.06. The SMILES string of the molecule is CCN1CCC[C@H]1[C@@H]1CCCN1C(=O)c1cn(-c2ccccc2)nn1. The molecule has 0 radical (unpaired) electrons. The van der Waals surface area contributed by atoms with Crippen LogP contribution >= 0.6 is 0 Å². The van der Waals surface area contributed by atoms with Crippen LogP contribution in [0.3, 0.4) is 0 Å². The number of carbonyl (C=O) groups excluding carboxylic acids is 1. The van der Waals surface area contributed by atoms with Crippen LogP contribution in [0.4, 0.5) is 0 Å². The van der Waals surface area contributed by atoms with E-state index in [0.29, 0.717) is 17.8 Å². The zero-order valence-electron chi connectivity index (χ0n) is 14.7. The lowest BCUT2D eigenvalue weighted by molar-refractivity contribution is 0.0644. The summed E-state index contributed by atoms with van der Waals surface area (Å²) in [7, 11) is 0. The van der Waals surface area contributed by atoms with Crippen LogP contribution in [0.2, 0.25) is 0 Å². The largest absolute Gasteiger partial charge is 0.333 e. The number of rotatable bonds is 4. The second-order valence-electron chi connectivity index (χ2n) is 6.93. The lowest BCUT2D eigenvalue weighted by atomic mass is 10.0. The van der Waals surface area contributed by atoms with Crippen molar-refractivity contribution < 1.29 is 4.79 Å². The third-order valence-electron chi connectivity index (χ3n) is 5.56. The molecule has 2 aliphatic heterocycles. The minimum absolute atomic E-state index is 0.0210. The molecule has 6 nitrogen and oxygen atoms in total. The summed E-state index contributed by atoms with van der Waals surface area (Å²) in [5.41, 5.74) is 1.36. The second-order valence-corrected chi connectivity index (χ2v) is 6.93. The van der Waals surface area contributed by atoms with Gasteiger partial charge in [0.15, 0.2) is 5.69 Å². The van der Waals surface area contributed by atoms with Gasteiger partial charge in [0.25, 0.3) is 5.91 Å². The van der Waals surface area contributed by atoms with Crippen LogP contribution in [0.15, 0.2) is 36.5 Å². The average Bonchev–Trinajstić information content (AvgIpc) is 3.41. The van der Waals surface area contributed by atoms with Crippen molar-refractivity contribution >= 4 is 5.91 Å². The van der Waals surface area contributed by atoms with Crippen LogP contribution in [0.5, 0.6) is 0 Å². The van der Waals surface area contributed by atoms with E-state index in [9.17, 15) is 4.79 Å². The number of carbonyl (C=O) groups is 1. The Labute approximate surface area is 148 Å². The van der Waals surface area contributed by atoms with Crippen LogP contribution in [0.1, 0.15) is 43.1 Å². The number of hydrogen-bond donors (Lipinski definition) is 0. The first-order chi connectivity index (χ1) is 12.3. The summed E-state index contributed by atoms with van der Waals surface area (Å²) in [4.78, 5) is 17.6. The maximum atomic E-state index is 13.0. The van der Waals surface area contributed by atoms with E-state index >= 15 is 0 Å². The number of amides is 1. The van der Waals surface area contributed by atoms with Gasteiger partial charge in [-0.25, -0.2) is 4.68 Å². The van der Waals surface area contributed by atoms with Gasteiger partial charge in [0.2, 0.25) is 0 Å². The zero-order valence-corrected chi connectivity index (χ0v) is 14.7. The number of aromatic nitrogens is 3. The lowest BCUT2D eigenvalue weighted by Crippen LogP contribution is -2.48.